The summed E-state index contributed by atoms with van der Waals surface area (Å²) in [6.45, 7) is 0.0551. The molecule has 35 heteroatoms. The number of carbonyl (C=O) groups is 8. The van der Waals surface area contributed by atoms with Crippen LogP contribution in [0.2, 0.25) is 0 Å². The Kier molecular flexibility index (Phi) is 34.4. The van der Waals surface area contributed by atoms with Crippen molar-refractivity contribution in [2.24, 2.45) is 5.92 Å². The van der Waals surface area contributed by atoms with Crippen LogP contribution in [0.25, 0.3) is 0 Å². The molecule has 8 amide bonds. The number of rotatable bonds is 39. The summed E-state index contributed by atoms with van der Waals surface area (Å²) in [5.41, 5.74) is -1.86. The van der Waals surface area contributed by atoms with E-state index >= 15 is 0 Å². The third kappa shape index (κ3) is 25.2. The first-order valence-electron chi connectivity index (χ1n) is 29.7. The molecule has 89 heavy (non-hydrogen) atoms. The summed E-state index contributed by atoms with van der Waals surface area (Å²) in [5.74, 6) is -5.20. The number of aliphatic hydroxyl groups excluding tert-OH is 9. The van der Waals surface area contributed by atoms with E-state index in [0.29, 0.717) is 25.7 Å². The van der Waals surface area contributed by atoms with Crippen LogP contribution in [0.4, 0.5) is 0 Å². The zero-order chi connectivity index (χ0) is 65.6. The van der Waals surface area contributed by atoms with Crippen molar-refractivity contribution >= 4 is 47.3 Å². The van der Waals surface area contributed by atoms with Crippen molar-refractivity contribution in [2.45, 2.75) is 176 Å². The number of ether oxygens (including phenoxy) is 10. The van der Waals surface area contributed by atoms with Crippen LogP contribution in [0, 0.1) is 5.92 Å². The Morgan fingerprint density at radius 3 is 1.45 bits per heavy atom. The predicted molar refractivity (Wildman–Crippen MR) is 301 cm³/mol. The average Bonchev–Trinajstić information content (AvgIpc) is 1.27. The first kappa shape index (κ1) is 76.5. The SMILES string of the molecule is CO[C@H]1CC[C@H](C(=O)NC(CCC(=O)NC(CCC(=O)NCCOCCOC2OC(CO)C(O)C(O)C2NC(C)=O)C(=O)NCCOCCOC2OC(CO)C(O)C(O)C2NC(C)=O)C(=O)NCCOCCOC2(NC(C)=O)COC(CO)C(O)C2O)CC1. The van der Waals surface area contributed by atoms with Crippen LogP contribution in [-0.4, -0.2) is 309 Å². The second kappa shape index (κ2) is 40.1. The molecule has 3 saturated heterocycles. The molecule has 512 valence electrons. The number of nitrogens with one attached hydrogen (secondary N) is 8. The van der Waals surface area contributed by atoms with Gasteiger partial charge in [0.2, 0.25) is 47.3 Å². The third-order valence-corrected chi connectivity index (χ3v) is 15.0. The lowest BCUT2D eigenvalue weighted by Gasteiger charge is -2.45. The smallest absolute Gasteiger partial charge is 0.242 e. The van der Waals surface area contributed by atoms with E-state index < -0.39 is 183 Å². The van der Waals surface area contributed by atoms with Crippen molar-refractivity contribution < 1.29 is 132 Å². The standard InChI is InChI=1S/C54H94N8O27/c1-29(66)58-41-46(74)43(71)37(26-64)88-52(41)84-22-19-81-16-13-55-39(69)11-9-34(50(78)56-14-17-82-20-23-85-53-42(59-30(2)67)47(75)44(72)38(27-65)89-53)60-40(70)12-10-35(61-49(77)32-5-7-33(80-4)8-6-32)51(79)57-15-18-83-21-24-87-54(62-31(3)68)28-86-36(25-63)45(73)48(54)76/h32-38,41-48,52-53,63-65,71-76H,5-28H2,1-4H3,(H,55,69)(H,56,78)(H,57,79)(H,58,66)(H,59,67)(H,60,70)(H,61,77)(H,62,68)/t32-,33-,34?,35?,36?,37?,38?,41?,42?,43?,44?,45?,46?,47?,48?,52?,53?,54?. The molecule has 35 nitrogen and oxygen atoms in total. The number of hydrogen-bond donors (Lipinski definition) is 17. The van der Waals surface area contributed by atoms with Crippen LogP contribution in [0.5, 0.6) is 0 Å². The van der Waals surface area contributed by atoms with Gasteiger partial charge in [-0.1, -0.05) is 0 Å². The summed E-state index contributed by atoms with van der Waals surface area (Å²) in [4.78, 5) is 103. The summed E-state index contributed by atoms with van der Waals surface area (Å²) in [7, 11) is 1.58. The van der Waals surface area contributed by atoms with Crippen molar-refractivity contribution in [3.05, 3.63) is 0 Å². The molecule has 1 aliphatic carbocycles. The quantitative estimate of drug-likeness (QED) is 0.0201. The third-order valence-electron chi connectivity index (χ3n) is 15.0. The van der Waals surface area contributed by atoms with Crippen molar-refractivity contribution in [3.63, 3.8) is 0 Å². The second-order valence-electron chi connectivity index (χ2n) is 21.7. The van der Waals surface area contributed by atoms with E-state index in [1.54, 1.807) is 7.11 Å². The van der Waals surface area contributed by atoms with Gasteiger partial charge < -0.3 is 136 Å². The Balaban J connectivity index is 1.33. The molecule has 0 aromatic heterocycles. The fourth-order valence-electron chi connectivity index (χ4n) is 10.2. The largest absolute Gasteiger partial charge is 0.394 e. The summed E-state index contributed by atoms with van der Waals surface area (Å²) in [6, 6.07) is -4.92. The van der Waals surface area contributed by atoms with Crippen molar-refractivity contribution in [2.75, 3.05) is 113 Å². The minimum atomic E-state index is -1.86. The highest BCUT2D eigenvalue weighted by Crippen LogP contribution is 2.28. The number of hydrogen-bond acceptors (Lipinski definition) is 27. The molecular weight excluding hydrogens is 1190 g/mol. The summed E-state index contributed by atoms with van der Waals surface area (Å²) >= 11 is 0. The van der Waals surface area contributed by atoms with E-state index in [-0.39, 0.29) is 104 Å². The zero-order valence-corrected chi connectivity index (χ0v) is 50.7. The molecule has 17 N–H and O–H groups in total. The molecule has 3 aliphatic heterocycles. The van der Waals surface area contributed by atoms with Gasteiger partial charge in [0.1, 0.15) is 79.1 Å². The highest BCUT2D eigenvalue weighted by atomic mass is 16.7. The Hall–Kier alpha value is -5.00. The molecule has 4 fully saturated rings. The summed E-state index contributed by atoms with van der Waals surface area (Å²) < 4.78 is 55.6. The maximum absolute atomic E-state index is 13.7. The highest BCUT2D eigenvalue weighted by molar-refractivity contribution is 5.90. The van der Waals surface area contributed by atoms with Crippen LogP contribution < -0.4 is 42.5 Å². The van der Waals surface area contributed by atoms with Gasteiger partial charge in [-0.15, -0.1) is 0 Å². The lowest BCUT2D eigenvalue weighted by atomic mass is 9.86. The molecule has 1 saturated carbocycles. The van der Waals surface area contributed by atoms with Crippen LogP contribution >= 0.6 is 0 Å². The van der Waals surface area contributed by atoms with Gasteiger partial charge in [0.15, 0.2) is 18.3 Å². The summed E-state index contributed by atoms with van der Waals surface area (Å²) in [6.07, 6.45) is -14.4. The predicted octanol–water partition coefficient (Wildman–Crippen LogP) is -9.00. The Morgan fingerprint density at radius 2 is 0.989 bits per heavy atom. The Morgan fingerprint density at radius 1 is 0.528 bits per heavy atom. The second-order valence-corrected chi connectivity index (χ2v) is 21.7. The van der Waals surface area contributed by atoms with Gasteiger partial charge in [-0.2, -0.15) is 0 Å². The van der Waals surface area contributed by atoms with Gasteiger partial charge in [-0.3, -0.25) is 38.4 Å². The molecule has 0 aromatic rings. The summed E-state index contributed by atoms with van der Waals surface area (Å²) in [5, 5.41) is 112. The van der Waals surface area contributed by atoms with E-state index in [4.69, 9.17) is 47.4 Å². The minimum absolute atomic E-state index is 0.00978. The van der Waals surface area contributed by atoms with Crippen LogP contribution in [0.1, 0.15) is 72.1 Å². The van der Waals surface area contributed by atoms with E-state index in [9.17, 15) is 84.3 Å². The molecule has 0 aromatic carbocycles. The monoisotopic (exact) mass is 1290 g/mol. The maximum atomic E-state index is 13.7. The normalized spacial score (nSPS) is 30.2. The van der Waals surface area contributed by atoms with Gasteiger partial charge in [-0.25, -0.2) is 0 Å². The van der Waals surface area contributed by atoms with Gasteiger partial charge in [0.25, 0.3) is 0 Å². The molecular formula is C54H94N8O27. The van der Waals surface area contributed by atoms with E-state index in [1.165, 1.54) is 20.8 Å². The molecule has 4 rings (SSSR count). The molecule has 0 spiro atoms. The molecule has 16 unspecified atom stereocenters. The fraction of sp³-hybridized carbons (Fsp3) is 0.852. The minimum Gasteiger partial charge on any atom is -0.394 e. The Labute approximate surface area is 514 Å². The van der Waals surface area contributed by atoms with Crippen molar-refractivity contribution in [1.82, 2.24) is 42.5 Å². The van der Waals surface area contributed by atoms with Crippen molar-refractivity contribution in [3.8, 4) is 0 Å². The maximum Gasteiger partial charge on any atom is 0.242 e. The van der Waals surface area contributed by atoms with Gasteiger partial charge >= 0.3 is 0 Å². The fourth-order valence-corrected chi connectivity index (χ4v) is 10.2. The van der Waals surface area contributed by atoms with Gasteiger partial charge in [-0.05, 0) is 38.5 Å². The number of amides is 8. The average molecular weight is 1290 g/mol. The van der Waals surface area contributed by atoms with E-state index in [2.05, 4.69) is 42.5 Å². The lowest BCUT2D eigenvalue weighted by molar-refractivity contribution is -0.272. The number of methoxy groups -OCH3 is 1. The molecule has 3 heterocycles. The van der Waals surface area contributed by atoms with Gasteiger partial charge in [0.05, 0.1) is 92.0 Å². The molecule has 16 atom stereocenters. The number of carbonyl (C=O) groups excluding carboxylic acids is 8. The highest BCUT2D eigenvalue weighted by Gasteiger charge is 2.52. The first-order chi connectivity index (χ1) is 42.5. The zero-order valence-electron chi connectivity index (χ0n) is 50.7. The lowest BCUT2D eigenvalue weighted by Crippen LogP contribution is -2.70. The molecule has 0 bridgehead atoms. The molecule has 0 radical (unpaired) electrons. The van der Waals surface area contributed by atoms with Crippen LogP contribution in [0.15, 0.2) is 0 Å². The first-order valence-corrected chi connectivity index (χ1v) is 29.7. The molecule has 4 aliphatic rings. The topological polar surface area (TPSA) is 507 Å². The van der Waals surface area contributed by atoms with Crippen LogP contribution in [0.3, 0.4) is 0 Å². The van der Waals surface area contributed by atoms with Gasteiger partial charge in [0, 0.05) is 66.3 Å². The van der Waals surface area contributed by atoms with E-state index in [0.717, 1.165) is 0 Å². The van der Waals surface area contributed by atoms with Crippen molar-refractivity contribution in [1.29, 1.82) is 0 Å². The Bertz CT molecular complexity index is 2190. The van der Waals surface area contributed by atoms with E-state index in [1.807, 2.05) is 0 Å². The number of aliphatic hydroxyl groups is 9. The van der Waals surface area contributed by atoms with Crippen LogP contribution in [-0.2, 0) is 85.7 Å².